The van der Waals surface area contributed by atoms with Gasteiger partial charge in [0.1, 0.15) is 5.82 Å². The molecule has 22 heavy (non-hydrogen) atoms. The average Bonchev–Trinajstić information content (AvgIpc) is 3.01. The first kappa shape index (κ1) is 14.6. The maximum absolute atomic E-state index is 13.4. The van der Waals surface area contributed by atoms with Gasteiger partial charge >= 0.3 is 6.03 Å². The van der Waals surface area contributed by atoms with Crippen LogP contribution < -0.4 is 5.32 Å². The highest BCUT2D eigenvalue weighted by molar-refractivity contribution is 5.75. The number of aromatic nitrogens is 2. The van der Waals surface area contributed by atoms with E-state index in [1.165, 1.54) is 12.1 Å². The van der Waals surface area contributed by atoms with Crippen LogP contribution in [0.15, 0.2) is 30.7 Å². The highest BCUT2D eigenvalue weighted by atomic mass is 19.1. The third-order valence-corrected chi connectivity index (χ3v) is 4.13. The van der Waals surface area contributed by atoms with E-state index in [1.807, 2.05) is 13.0 Å². The normalized spacial score (nSPS) is 17.2. The molecule has 3 rings (SSSR count). The lowest BCUT2D eigenvalue weighted by Gasteiger charge is -2.35. The van der Waals surface area contributed by atoms with Crippen LogP contribution in [0, 0.1) is 5.82 Å². The second kappa shape index (κ2) is 6.17. The molecule has 1 aromatic carbocycles. The molecule has 0 fully saturated rings. The zero-order valence-electron chi connectivity index (χ0n) is 12.5. The lowest BCUT2D eigenvalue weighted by atomic mass is 9.94. The average molecular weight is 302 g/mol. The minimum Gasteiger partial charge on any atom is -0.348 e. The van der Waals surface area contributed by atoms with Gasteiger partial charge in [-0.1, -0.05) is 6.07 Å². The molecule has 6 heteroatoms. The number of nitrogens with one attached hydrogen (secondary N) is 2. The molecule has 0 unspecified atom stereocenters. The third kappa shape index (κ3) is 2.95. The highest BCUT2D eigenvalue weighted by Gasteiger charge is 2.27. The van der Waals surface area contributed by atoms with Crippen LogP contribution in [-0.4, -0.2) is 34.0 Å². The van der Waals surface area contributed by atoms with Crippen molar-refractivity contribution in [2.75, 3.05) is 13.1 Å². The van der Waals surface area contributed by atoms with Crippen molar-refractivity contribution in [3.05, 3.63) is 53.4 Å². The number of urea groups is 1. The van der Waals surface area contributed by atoms with E-state index in [2.05, 4.69) is 15.3 Å². The number of aromatic amines is 1. The van der Waals surface area contributed by atoms with Crippen LogP contribution in [0.4, 0.5) is 9.18 Å². The van der Waals surface area contributed by atoms with Gasteiger partial charge in [0.15, 0.2) is 0 Å². The standard InChI is InChI=1S/C16H19FN4O/c1-11-15-8-13(17)3-2-12(15)5-7-21(11)16(22)19-6-4-14-9-18-10-20-14/h2-3,8-11H,4-7H2,1H3,(H,18,20)(H,19,22)/t11-/m0/s1. The maximum Gasteiger partial charge on any atom is 0.317 e. The molecular formula is C16H19FN4O. The molecule has 0 spiro atoms. The van der Waals surface area contributed by atoms with Crippen LogP contribution in [0.25, 0.3) is 0 Å². The molecule has 1 aliphatic rings. The molecule has 5 nitrogen and oxygen atoms in total. The summed E-state index contributed by atoms with van der Waals surface area (Å²) in [7, 11) is 0. The first-order chi connectivity index (χ1) is 10.6. The fraction of sp³-hybridized carbons (Fsp3) is 0.375. The van der Waals surface area contributed by atoms with Crippen molar-refractivity contribution in [3.63, 3.8) is 0 Å². The van der Waals surface area contributed by atoms with Gasteiger partial charge in [0.05, 0.1) is 12.4 Å². The number of nitrogens with zero attached hydrogens (tertiary/aromatic N) is 2. The van der Waals surface area contributed by atoms with Gasteiger partial charge in [0, 0.05) is 31.4 Å². The monoisotopic (exact) mass is 302 g/mol. The highest BCUT2D eigenvalue weighted by Crippen LogP contribution is 2.29. The number of carbonyl (C=O) groups is 1. The molecule has 0 aliphatic carbocycles. The van der Waals surface area contributed by atoms with Crippen molar-refractivity contribution in [1.82, 2.24) is 20.2 Å². The van der Waals surface area contributed by atoms with Crippen molar-refractivity contribution in [2.24, 2.45) is 0 Å². The Labute approximate surface area is 128 Å². The number of H-pyrrole nitrogens is 1. The first-order valence-electron chi connectivity index (χ1n) is 7.45. The number of carbonyl (C=O) groups excluding carboxylic acids is 1. The number of fused-ring (bicyclic) bond motifs is 1. The molecule has 1 aromatic heterocycles. The molecule has 2 N–H and O–H groups in total. The van der Waals surface area contributed by atoms with Crippen LogP contribution >= 0.6 is 0 Å². The molecule has 0 saturated heterocycles. The Morgan fingerprint density at radius 2 is 2.41 bits per heavy atom. The Hall–Kier alpha value is -2.37. The van der Waals surface area contributed by atoms with Gasteiger partial charge in [-0.25, -0.2) is 14.2 Å². The predicted molar refractivity (Wildman–Crippen MR) is 80.9 cm³/mol. The molecule has 116 valence electrons. The van der Waals surface area contributed by atoms with Crippen molar-refractivity contribution in [1.29, 1.82) is 0 Å². The molecule has 1 atom stereocenters. The summed E-state index contributed by atoms with van der Waals surface area (Å²) in [5.41, 5.74) is 3.00. The SMILES string of the molecule is C[C@H]1c2cc(F)ccc2CCN1C(=O)NCCc1cnc[nH]1. The fourth-order valence-corrected chi connectivity index (χ4v) is 2.89. The molecule has 0 radical (unpaired) electrons. The summed E-state index contributed by atoms with van der Waals surface area (Å²) in [6.45, 7) is 3.13. The van der Waals surface area contributed by atoms with E-state index in [0.717, 1.165) is 23.2 Å². The van der Waals surface area contributed by atoms with Crippen LogP contribution in [0.1, 0.15) is 29.8 Å². The van der Waals surface area contributed by atoms with Crippen molar-refractivity contribution in [2.45, 2.75) is 25.8 Å². The zero-order valence-corrected chi connectivity index (χ0v) is 12.5. The van der Waals surface area contributed by atoms with E-state index in [4.69, 9.17) is 0 Å². The fourth-order valence-electron chi connectivity index (χ4n) is 2.89. The smallest absolute Gasteiger partial charge is 0.317 e. The van der Waals surface area contributed by atoms with Crippen LogP contribution in [-0.2, 0) is 12.8 Å². The van der Waals surface area contributed by atoms with Gasteiger partial charge in [-0.15, -0.1) is 0 Å². The van der Waals surface area contributed by atoms with Gasteiger partial charge in [-0.05, 0) is 36.6 Å². The predicted octanol–water partition coefficient (Wildman–Crippen LogP) is 2.42. The molecule has 1 aliphatic heterocycles. The quantitative estimate of drug-likeness (QED) is 0.914. The van der Waals surface area contributed by atoms with E-state index < -0.39 is 0 Å². The number of halogens is 1. The van der Waals surface area contributed by atoms with Gasteiger partial charge in [-0.3, -0.25) is 0 Å². The van der Waals surface area contributed by atoms with Gasteiger partial charge in [-0.2, -0.15) is 0 Å². The number of benzene rings is 1. The summed E-state index contributed by atoms with van der Waals surface area (Å²) in [6, 6.07) is 4.60. The summed E-state index contributed by atoms with van der Waals surface area (Å²) >= 11 is 0. The van der Waals surface area contributed by atoms with Gasteiger partial charge in [0.25, 0.3) is 0 Å². The largest absolute Gasteiger partial charge is 0.348 e. The third-order valence-electron chi connectivity index (χ3n) is 4.13. The number of hydrogen-bond donors (Lipinski definition) is 2. The first-order valence-corrected chi connectivity index (χ1v) is 7.45. The summed E-state index contributed by atoms with van der Waals surface area (Å²) in [4.78, 5) is 21.0. The molecule has 0 saturated carbocycles. The molecule has 0 bridgehead atoms. The van der Waals surface area contributed by atoms with Crippen molar-refractivity contribution in [3.8, 4) is 0 Å². The molecular weight excluding hydrogens is 283 g/mol. The topological polar surface area (TPSA) is 61.0 Å². The zero-order chi connectivity index (χ0) is 15.5. The minimum absolute atomic E-state index is 0.109. The lowest BCUT2D eigenvalue weighted by Crippen LogP contribution is -2.45. The number of hydrogen-bond acceptors (Lipinski definition) is 2. The summed E-state index contributed by atoms with van der Waals surface area (Å²) in [5.74, 6) is -0.257. The number of rotatable bonds is 3. The van der Waals surface area contributed by atoms with E-state index in [1.54, 1.807) is 17.4 Å². The van der Waals surface area contributed by atoms with E-state index >= 15 is 0 Å². The van der Waals surface area contributed by atoms with E-state index in [0.29, 0.717) is 19.5 Å². The van der Waals surface area contributed by atoms with E-state index in [9.17, 15) is 9.18 Å². The van der Waals surface area contributed by atoms with Crippen molar-refractivity contribution >= 4 is 6.03 Å². The van der Waals surface area contributed by atoms with Crippen LogP contribution in [0.5, 0.6) is 0 Å². The van der Waals surface area contributed by atoms with Crippen LogP contribution in [0.2, 0.25) is 0 Å². The minimum atomic E-state index is -0.257. The molecule has 2 heterocycles. The van der Waals surface area contributed by atoms with Crippen LogP contribution in [0.3, 0.4) is 0 Å². The Balaban J connectivity index is 1.61. The maximum atomic E-state index is 13.4. The van der Waals surface area contributed by atoms with E-state index in [-0.39, 0.29) is 17.9 Å². The van der Waals surface area contributed by atoms with Crippen molar-refractivity contribution < 1.29 is 9.18 Å². The Kier molecular flexibility index (Phi) is 4.09. The summed E-state index contributed by atoms with van der Waals surface area (Å²) < 4.78 is 13.4. The number of imidazole rings is 1. The Morgan fingerprint density at radius 1 is 1.55 bits per heavy atom. The second-order valence-electron chi connectivity index (χ2n) is 5.52. The summed E-state index contributed by atoms with van der Waals surface area (Å²) in [6.07, 6.45) is 4.83. The molecule has 2 aromatic rings. The lowest BCUT2D eigenvalue weighted by molar-refractivity contribution is 0.175. The molecule has 2 amide bonds. The summed E-state index contributed by atoms with van der Waals surface area (Å²) in [5, 5.41) is 2.91. The number of amides is 2. The van der Waals surface area contributed by atoms with Gasteiger partial charge in [0.2, 0.25) is 0 Å². The van der Waals surface area contributed by atoms with Gasteiger partial charge < -0.3 is 15.2 Å². The second-order valence-corrected chi connectivity index (χ2v) is 5.52. The Bertz CT molecular complexity index is 656. The Morgan fingerprint density at radius 3 is 3.18 bits per heavy atom.